The molecule has 0 atom stereocenters. The van der Waals surface area contributed by atoms with Crippen LogP contribution in [0.1, 0.15) is 17.3 Å². The average molecular weight is 323 g/mol. The van der Waals surface area contributed by atoms with Crippen LogP contribution in [0.25, 0.3) is 0 Å². The van der Waals surface area contributed by atoms with E-state index in [1.54, 1.807) is 20.1 Å². The first-order valence-electron chi connectivity index (χ1n) is 6.42. The molecule has 2 aromatic carbocycles. The number of benzene rings is 2. The number of rotatable bonds is 5. The summed E-state index contributed by atoms with van der Waals surface area (Å²) in [4.78, 5) is 13.9. The van der Waals surface area contributed by atoms with Crippen LogP contribution in [0, 0.1) is 0 Å². The van der Waals surface area contributed by atoms with Crippen LogP contribution in [0.4, 0.5) is 0 Å². The second-order valence-corrected chi connectivity index (χ2v) is 5.69. The molecule has 0 spiro atoms. The first-order valence-corrected chi connectivity index (χ1v) is 7.62. The largest absolute Gasteiger partial charge is 0.497 e. The van der Waals surface area contributed by atoms with Crippen molar-refractivity contribution in [2.24, 2.45) is 0 Å². The fourth-order valence-electron chi connectivity index (χ4n) is 1.72. The monoisotopic (exact) mass is 322 g/mol. The van der Waals surface area contributed by atoms with Gasteiger partial charge in [-0.25, -0.2) is 4.79 Å². The molecule has 0 saturated carbocycles. The van der Waals surface area contributed by atoms with Gasteiger partial charge in [-0.3, -0.25) is 0 Å². The molecular weight excluding hydrogens is 308 g/mol. The highest BCUT2D eigenvalue weighted by Gasteiger charge is 2.15. The second-order valence-electron chi connectivity index (χ2n) is 4.14. The van der Waals surface area contributed by atoms with E-state index in [9.17, 15) is 4.79 Å². The van der Waals surface area contributed by atoms with Crippen LogP contribution < -0.4 is 4.74 Å². The number of esters is 1. The molecule has 0 saturated heterocycles. The Labute approximate surface area is 133 Å². The van der Waals surface area contributed by atoms with Crippen molar-refractivity contribution in [1.82, 2.24) is 0 Å². The maximum atomic E-state index is 12.1. The fourth-order valence-corrected chi connectivity index (χ4v) is 2.76. The van der Waals surface area contributed by atoms with Crippen molar-refractivity contribution in [1.29, 1.82) is 0 Å². The molecule has 0 aliphatic heterocycles. The molecule has 0 amide bonds. The van der Waals surface area contributed by atoms with Crippen molar-refractivity contribution in [3.8, 4) is 5.75 Å². The van der Waals surface area contributed by atoms with E-state index in [-0.39, 0.29) is 5.97 Å². The van der Waals surface area contributed by atoms with Gasteiger partial charge in [0, 0.05) is 14.8 Å². The summed E-state index contributed by atoms with van der Waals surface area (Å²) >= 11 is 7.36. The minimum absolute atomic E-state index is 0.334. The van der Waals surface area contributed by atoms with Crippen molar-refractivity contribution in [3.05, 3.63) is 53.1 Å². The molecule has 0 fully saturated rings. The summed E-state index contributed by atoms with van der Waals surface area (Å²) in [6, 6.07) is 12.8. The SMILES string of the molecule is CCOC(=O)c1cc(OC)ccc1Sc1ccc(Cl)cc1. The molecule has 0 aliphatic carbocycles. The minimum Gasteiger partial charge on any atom is -0.497 e. The van der Waals surface area contributed by atoms with Crippen molar-refractivity contribution in [3.63, 3.8) is 0 Å². The highest BCUT2D eigenvalue weighted by Crippen LogP contribution is 2.33. The van der Waals surface area contributed by atoms with Gasteiger partial charge in [-0.1, -0.05) is 23.4 Å². The van der Waals surface area contributed by atoms with Gasteiger partial charge in [-0.2, -0.15) is 0 Å². The standard InChI is InChI=1S/C16H15ClO3S/c1-3-20-16(18)14-10-12(19-2)6-9-15(14)21-13-7-4-11(17)5-8-13/h4-10H,3H2,1-2H3. The van der Waals surface area contributed by atoms with Crippen LogP contribution in [0.15, 0.2) is 52.3 Å². The molecule has 0 aromatic heterocycles. The lowest BCUT2D eigenvalue weighted by Crippen LogP contribution is -2.06. The lowest BCUT2D eigenvalue weighted by molar-refractivity contribution is 0.0522. The third-order valence-corrected chi connectivity index (χ3v) is 4.06. The van der Waals surface area contributed by atoms with E-state index in [4.69, 9.17) is 21.1 Å². The Balaban J connectivity index is 2.33. The molecule has 110 valence electrons. The van der Waals surface area contributed by atoms with Crippen LogP contribution >= 0.6 is 23.4 Å². The number of ether oxygens (including phenoxy) is 2. The predicted molar refractivity (Wildman–Crippen MR) is 84.5 cm³/mol. The van der Waals surface area contributed by atoms with Crippen LogP contribution in [-0.4, -0.2) is 19.7 Å². The summed E-state index contributed by atoms with van der Waals surface area (Å²) in [7, 11) is 1.57. The van der Waals surface area contributed by atoms with Crippen molar-refractivity contribution < 1.29 is 14.3 Å². The quantitative estimate of drug-likeness (QED) is 0.749. The molecule has 5 heteroatoms. The summed E-state index contributed by atoms with van der Waals surface area (Å²) in [6.07, 6.45) is 0. The highest BCUT2D eigenvalue weighted by atomic mass is 35.5. The lowest BCUT2D eigenvalue weighted by Gasteiger charge is -2.10. The molecule has 0 N–H and O–H groups in total. The smallest absolute Gasteiger partial charge is 0.339 e. The molecule has 0 unspecified atom stereocenters. The molecule has 0 radical (unpaired) electrons. The van der Waals surface area contributed by atoms with Gasteiger partial charge in [0.25, 0.3) is 0 Å². The minimum atomic E-state index is -0.354. The second kappa shape index (κ2) is 7.38. The van der Waals surface area contributed by atoms with Gasteiger partial charge in [0.05, 0.1) is 19.3 Å². The molecule has 21 heavy (non-hydrogen) atoms. The summed E-state index contributed by atoms with van der Waals surface area (Å²) in [6.45, 7) is 2.12. The van der Waals surface area contributed by atoms with Crippen LogP contribution in [0.3, 0.4) is 0 Å². The summed E-state index contributed by atoms with van der Waals surface area (Å²) in [5.74, 6) is 0.270. The van der Waals surface area contributed by atoms with Gasteiger partial charge in [0.15, 0.2) is 0 Å². The van der Waals surface area contributed by atoms with Gasteiger partial charge < -0.3 is 9.47 Å². The first kappa shape index (κ1) is 15.7. The zero-order valence-corrected chi connectivity index (χ0v) is 13.3. The number of halogens is 1. The predicted octanol–water partition coefficient (Wildman–Crippen LogP) is 4.68. The topological polar surface area (TPSA) is 35.5 Å². The Morgan fingerprint density at radius 3 is 2.52 bits per heavy atom. The highest BCUT2D eigenvalue weighted by molar-refractivity contribution is 7.99. The first-order chi connectivity index (χ1) is 10.1. The number of methoxy groups -OCH3 is 1. The maximum Gasteiger partial charge on any atom is 0.339 e. The number of carbonyl (C=O) groups excluding carboxylic acids is 1. The van der Waals surface area contributed by atoms with Gasteiger partial charge in [-0.05, 0) is 49.4 Å². The van der Waals surface area contributed by atoms with Crippen molar-refractivity contribution in [2.75, 3.05) is 13.7 Å². The van der Waals surface area contributed by atoms with Crippen molar-refractivity contribution >= 4 is 29.3 Å². The zero-order chi connectivity index (χ0) is 15.2. The fraction of sp³-hybridized carbons (Fsp3) is 0.188. The summed E-state index contributed by atoms with van der Waals surface area (Å²) in [5.41, 5.74) is 0.496. The van der Waals surface area contributed by atoms with E-state index < -0.39 is 0 Å². The Morgan fingerprint density at radius 2 is 1.90 bits per heavy atom. The third kappa shape index (κ3) is 4.16. The Morgan fingerprint density at radius 1 is 1.19 bits per heavy atom. The summed E-state index contributed by atoms with van der Waals surface area (Å²) < 4.78 is 10.3. The lowest BCUT2D eigenvalue weighted by atomic mass is 10.2. The molecule has 0 aliphatic rings. The van der Waals surface area contributed by atoms with Crippen molar-refractivity contribution in [2.45, 2.75) is 16.7 Å². The van der Waals surface area contributed by atoms with Gasteiger partial charge in [0.2, 0.25) is 0 Å². The normalized spacial score (nSPS) is 10.2. The van der Waals surface area contributed by atoms with Crippen LogP contribution in [0.5, 0.6) is 5.75 Å². The Bertz CT molecular complexity index is 626. The number of hydrogen-bond acceptors (Lipinski definition) is 4. The van der Waals surface area contributed by atoms with E-state index in [1.807, 2.05) is 36.4 Å². The van der Waals surface area contributed by atoms with E-state index in [0.29, 0.717) is 22.9 Å². The van der Waals surface area contributed by atoms with E-state index in [2.05, 4.69) is 0 Å². The maximum absolute atomic E-state index is 12.1. The average Bonchev–Trinajstić information content (AvgIpc) is 2.50. The molecule has 2 rings (SSSR count). The van der Waals surface area contributed by atoms with E-state index >= 15 is 0 Å². The zero-order valence-electron chi connectivity index (χ0n) is 11.8. The molecule has 3 nitrogen and oxygen atoms in total. The molecule has 2 aromatic rings. The third-order valence-electron chi connectivity index (χ3n) is 2.72. The van der Waals surface area contributed by atoms with Gasteiger partial charge in [0.1, 0.15) is 5.75 Å². The van der Waals surface area contributed by atoms with Crippen LogP contribution in [-0.2, 0) is 4.74 Å². The molecule has 0 bridgehead atoms. The Hall–Kier alpha value is -1.65. The number of hydrogen-bond donors (Lipinski definition) is 0. The molecular formula is C16H15ClO3S. The van der Waals surface area contributed by atoms with E-state index in [1.165, 1.54) is 11.8 Å². The summed E-state index contributed by atoms with van der Waals surface area (Å²) in [5, 5.41) is 0.680. The van der Waals surface area contributed by atoms with E-state index in [0.717, 1.165) is 9.79 Å². The van der Waals surface area contributed by atoms with Gasteiger partial charge >= 0.3 is 5.97 Å². The van der Waals surface area contributed by atoms with Crippen LogP contribution in [0.2, 0.25) is 5.02 Å². The Kier molecular flexibility index (Phi) is 5.53. The molecule has 0 heterocycles. The number of carbonyl (C=O) groups is 1. The van der Waals surface area contributed by atoms with Gasteiger partial charge in [-0.15, -0.1) is 0 Å².